The van der Waals surface area contributed by atoms with Crippen LogP contribution in [0.15, 0.2) is 77.4 Å². The average molecular weight is 431 g/mol. The molecular formula is C25H25N3O4. The van der Waals surface area contributed by atoms with Crippen LogP contribution in [0, 0.1) is 5.92 Å². The summed E-state index contributed by atoms with van der Waals surface area (Å²) < 4.78 is 5.23. The molecule has 3 amide bonds. The fourth-order valence-corrected chi connectivity index (χ4v) is 3.77. The largest absolute Gasteiger partial charge is 0.467 e. The molecule has 0 bridgehead atoms. The molecule has 1 atom stereocenters. The second-order valence-electron chi connectivity index (χ2n) is 7.77. The molecule has 0 unspecified atom stereocenters. The van der Waals surface area contributed by atoms with Gasteiger partial charge >= 0.3 is 0 Å². The zero-order valence-corrected chi connectivity index (χ0v) is 17.6. The zero-order chi connectivity index (χ0) is 22.3. The van der Waals surface area contributed by atoms with Crippen molar-refractivity contribution in [1.29, 1.82) is 0 Å². The lowest BCUT2D eigenvalue weighted by atomic mass is 10.1. The maximum absolute atomic E-state index is 12.9. The van der Waals surface area contributed by atoms with Gasteiger partial charge < -0.3 is 20.0 Å². The maximum Gasteiger partial charge on any atom is 0.253 e. The standard InChI is InChI=1S/C25H25N3O4/c29-23-15-19(17-28(23)13-12-18-7-2-1-3-8-18)24(30)27-22-11-5-4-10-21(22)25(31)26-16-20-9-6-14-32-20/h1-11,14,19H,12-13,15-17H2,(H,26,31)(H,27,30)/t19-/m0/s1. The first-order valence-electron chi connectivity index (χ1n) is 10.6. The van der Waals surface area contributed by atoms with Gasteiger partial charge in [0, 0.05) is 19.5 Å². The lowest BCUT2D eigenvalue weighted by Crippen LogP contribution is -2.30. The van der Waals surface area contributed by atoms with Crippen LogP contribution in [0.3, 0.4) is 0 Å². The number of anilines is 1. The van der Waals surface area contributed by atoms with Crippen LogP contribution < -0.4 is 10.6 Å². The number of benzene rings is 2. The zero-order valence-electron chi connectivity index (χ0n) is 17.6. The van der Waals surface area contributed by atoms with Crippen molar-refractivity contribution >= 4 is 23.4 Å². The third-order valence-electron chi connectivity index (χ3n) is 5.53. The molecule has 2 heterocycles. The minimum atomic E-state index is -0.447. The van der Waals surface area contributed by atoms with Crippen LogP contribution in [0.5, 0.6) is 0 Å². The highest BCUT2D eigenvalue weighted by Crippen LogP contribution is 2.22. The summed E-state index contributed by atoms with van der Waals surface area (Å²) in [5, 5.41) is 5.62. The molecule has 32 heavy (non-hydrogen) atoms. The van der Waals surface area contributed by atoms with Gasteiger partial charge in [-0.05, 0) is 36.2 Å². The number of nitrogens with zero attached hydrogens (tertiary/aromatic N) is 1. The fourth-order valence-electron chi connectivity index (χ4n) is 3.77. The summed E-state index contributed by atoms with van der Waals surface area (Å²) in [5.41, 5.74) is 1.94. The molecule has 7 nitrogen and oxygen atoms in total. The predicted octanol–water partition coefficient (Wildman–Crippen LogP) is 3.24. The van der Waals surface area contributed by atoms with E-state index in [0.29, 0.717) is 30.1 Å². The molecule has 7 heteroatoms. The van der Waals surface area contributed by atoms with Crippen LogP contribution in [0.25, 0.3) is 0 Å². The number of carbonyl (C=O) groups is 3. The number of amides is 3. The Bertz CT molecular complexity index is 1080. The fraction of sp³-hybridized carbons (Fsp3) is 0.240. The normalized spacial score (nSPS) is 15.6. The van der Waals surface area contributed by atoms with Gasteiger partial charge in [0.2, 0.25) is 11.8 Å². The number of carbonyl (C=O) groups excluding carboxylic acids is 3. The topological polar surface area (TPSA) is 91.6 Å². The van der Waals surface area contributed by atoms with Gasteiger partial charge in [-0.3, -0.25) is 14.4 Å². The smallest absolute Gasteiger partial charge is 0.253 e. The minimum absolute atomic E-state index is 0.0226. The van der Waals surface area contributed by atoms with Crippen molar-refractivity contribution in [2.75, 3.05) is 18.4 Å². The lowest BCUT2D eigenvalue weighted by Gasteiger charge is -2.17. The molecule has 1 aromatic heterocycles. The van der Waals surface area contributed by atoms with Crippen LogP contribution in [0.4, 0.5) is 5.69 Å². The minimum Gasteiger partial charge on any atom is -0.467 e. The van der Waals surface area contributed by atoms with Gasteiger partial charge in [-0.25, -0.2) is 0 Å². The van der Waals surface area contributed by atoms with E-state index in [9.17, 15) is 14.4 Å². The Morgan fingerprint density at radius 3 is 2.56 bits per heavy atom. The number of hydrogen-bond acceptors (Lipinski definition) is 4. The van der Waals surface area contributed by atoms with Gasteiger partial charge in [0.05, 0.1) is 30.0 Å². The summed E-state index contributed by atoms with van der Waals surface area (Å²) >= 11 is 0. The van der Waals surface area contributed by atoms with Crippen LogP contribution in [0.1, 0.15) is 28.1 Å². The Morgan fingerprint density at radius 2 is 1.78 bits per heavy atom. The summed E-state index contributed by atoms with van der Waals surface area (Å²) in [4.78, 5) is 39.6. The highest BCUT2D eigenvalue weighted by molar-refractivity contribution is 6.05. The summed E-state index contributed by atoms with van der Waals surface area (Å²) in [6, 6.07) is 20.3. The molecule has 0 aliphatic carbocycles. The molecule has 2 aromatic carbocycles. The van der Waals surface area contributed by atoms with Crippen molar-refractivity contribution in [3.05, 3.63) is 89.9 Å². The first-order chi connectivity index (χ1) is 15.6. The predicted molar refractivity (Wildman–Crippen MR) is 120 cm³/mol. The summed E-state index contributed by atoms with van der Waals surface area (Å²) in [7, 11) is 0. The Kier molecular flexibility index (Phi) is 6.65. The van der Waals surface area contributed by atoms with E-state index in [-0.39, 0.29) is 30.7 Å². The third kappa shape index (κ3) is 5.24. The highest BCUT2D eigenvalue weighted by Gasteiger charge is 2.34. The summed E-state index contributed by atoms with van der Waals surface area (Å²) in [5.74, 6) is -0.404. The molecule has 0 spiro atoms. The molecule has 1 saturated heterocycles. The Balaban J connectivity index is 1.34. The van der Waals surface area contributed by atoms with Gasteiger partial charge in [0.1, 0.15) is 5.76 Å². The van der Waals surface area contributed by atoms with Crippen LogP contribution in [-0.4, -0.2) is 35.7 Å². The lowest BCUT2D eigenvalue weighted by molar-refractivity contribution is -0.128. The Morgan fingerprint density at radius 1 is 1.00 bits per heavy atom. The number of nitrogens with one attached hydrogen (secondary N) is 2. The molecule has 3 aromatic rings. The quantitative estimate of drug-likeness (QED) is 0.573. The van der Waals surface area contributed by atoms with Gasteiger partial charge in [-0.15, -0.1) is 0 Å². The average Bonchev–Trinajstić information content (AvgIpc) is 3.47. The number of para-hydroxylation sites is 1. The second kappa shape index (κ2) is 9.96. The molecule has 0 radical (unpaired) electrons. The summed E-state index contributed by atoms with van der Waals surface area (Å²) in [6.07, 6.45) is 2.47. The molecule has 4 rings (SSSR count). The number of rotatable bonds is 8. The molecular weight excluding hydrogens is 406 g/mol. The van der Waals surface area contributed by atoms with Crippen LogP contribution in [0.2, 0.25) is 0 Å². The van der Waals surface area contributed by atoms with E-state index in [4.69, 9.17) is 4.42 Å². The molecule has 1 fully saturated rings. The number of furan rings is 1. The van der Waals surface area contributed by atoms with E-state index in [2.05, 4.69) is 10.6 Å². The van der Waals surface area contributed by atoms with Crippen LogP contribution >= 0.6 is 0 Å². The molecule has 0 saturated carbocycles. The van der Waals surface area contributed by atoms with Crippen molar-refractivity contribution in [3.63, 3.8) is 0 Å². The van der Waals surface area contributed by atoms with E-state index in [1.165, 1.54) is 0 Å². The van der Waals surface area contributed by atoms with Crippen molar-refractivity contribution < 1.29 is 18.8 Å². The monoisotopic (exact) mass is 431 g/mol. The highest BCUT2D eigenvalue weighted by atomic mass is 16.3. The van der Waals surface area contributed by atoms with E-state index in [1.54, 1.807) is 47.6 Å². The first kappa shape index (κ1) is 21.4. The van der Waals surface area contributed by atoms with Gasteiger partial charge in [0.15, 0.2) is 0 Å². The SMILES string of the molecule is O=C(NCc1ccco1)c1ccccc1NC(=O)[C@H]1CC(=O)N(CCc2ccccc2)C1. The van der Waals surface area contributed by atoms with Gasteiger partial charge in [0.25, 0.3) is 5.91 Å². The molecule has 1 aliphatic heterocycles. The third-order valence-corrected chi connectivity index (χ3v) is 5.53. The van der Waals surface area contributed by atoms with Gasteiger partial charge in [-0.1, -0.05) is 42.5 Å². The molecule has 164 valence electrons. The molecule has 2 N–H and O–H groups in total. The van der Waals surface area contributed by atoms with E-state index in [1.807, 2.05) is 30.3 Å². The first-order valence-corrected chi connectivity index (χ1v) is 10.6. The van der Waals surface area contributed by atoms with Crippen molar-refractivity contribution in [3.8, 4) is 0 Å². The molecule has 1 aliphatic rings. The number of hydrogen-bond donors (Lipinski definition) is 2. The van der Waals surface area contributed by atoms with E-state index >= 15 is 0 Å². The van der Waals surface area contributed by atoms with E-state index in [0.717, 1.165) is 12.0 Å². The number of likely N-dealkylation sites (tertiary alicyclic amines) is 1. The second-order valence-corrected chi connectivity index (χ2v) is 7.77. The Hall–Kier alpha value is -3.87. The van der Waals surface area contributed by atoms with Crippen molar-refractivity contribution in [2.24, 2.45) is 5.92 Å². The van der Waals surface area contributed by atoms with Gasteiger partial charge in [-0.2, -0.15) is 0 Å². The van der Waals surface area contributed by atoms with Crippen molar-refractivity contribution in [2.45, 2.75) is 19.4 Å². The van der Waals surface area contributed by atoms with Crippen LogP contribution in [-0.2, 0) is 22.6 Å². The summed E-state index contributed by atoms with van der Waals surface area (Å²) in [6.45, 7) is 1.21. The Labute approximate surface area is 186 Å². The maximum atomic E-state index is 12.9. The van der Waals surface area contributed by atoms with Crippen molar-refractivity contribution in [1.82, 2.24) is 10.2 Å². The van der Waals surface area contributed by atoms with E-state index < -0.39 is 5.92 Å².